The number of nitrogens with one attached hydrogen (secondary N) is 1. The lowest BCUT2D eigenvalue weighted by molar-refractivity contribution is -0.137. The molecule has 0 bridgehead atoms. The van der Waals surface area contributed by atoms with Crippen molar-refractivity contribution in [1.82, 2.24) is 5.32 Å². The summed E-state index contributed by atoms with van der Waals surface area (Å²) in [7, 11) is 0. The molecule has 1 N–H and O–H groups in total. The Morgan fingerprint density at radius 2 is 2.20 bits per heavy atom. The van der Waals surface area contributed by atoms with Gasteiger partial charge in [0.1, 0.15) is 5.88 Å². The summed E-state index contributed by atoms with van der Waals surface area (Å²) in [6.45, 7) is 2.71. The fourth-order valence-corrected chi connectivity index (χ4v) is 0.959. The molecule has 0 rings (SSSR count). The van der Waals surface area contributed by atoms with Gasteiger partial charge >= 0.3 is 5.97 Å². The van der Waals surface area contributed by atoms with E-state index >= 15 is 0 Å². The molecular formula is C10H16ClNO3. The summed E-state index contributed by atoms with van der Waals surface area (Å²) < 4.78 is 4.69. The van der Waals surface area contributed by atoms with Crippen LogP contribution in [0.5, 0.6) is 0 Å². The second kappa shape index (κ2) is 9.52. The summed E-state index contributed by atoms with van der Waals surface area (Å²) >= 11 is 5.28. The van der Waals surface area contributed by atoms with Crippen molar-refractivity contribution in [3.8, 4) is 0 Å². The summed E-state index contributed by atoms with van der Waals surface area (Å²) in [5.41, 5.74) is 0. The Labute approximate surface area is 94.6 Å². The maximum Gasteiger partial charge on any atom is 0.330 e. The van der Waals surface area contributed by atoms with Gasteiger partial charge in [0.05, 0.1) is 6.61 Å². The molecule has 0 aliphatic heterocycles. The Hall–Kier alpha value is -1.03. The van der Waals surface area contributed by atoms with Gasteiger partial charge in [-0.05, 0) is 19.8 Å². The first-order valence-electron chi connectivity index (χ1n) is 4.86. The molecule has 0 aliphatic rings. The summed E-state index contributed by atoms with van der Waals surface area (Å²) in [6.07, 6.45) is 4.62. The van der Waals surface area contributed by atoms with Crippen molar-refractivity contribution >= 4 is 23.5 Å². The van der Waals surface area contributed by atoms with Crippen molar-refractivity contribution in [2.75, 3.05) is 19.0 Å². The van der Waals surface area contributed by atoms with Gasteiger partial charge in [0, 0.05) is 12.6 Å². The maximum atomic E-state index is 10.8. The number of alkyl halides is 1. The lowest BCUT2D eigenvalue weighted by Crippen LogP contribution is -2.25. The number of esters is 1. The monoisotopic (exact) mass is 233 g/mol. The highest BCUT2D eigenvalue weighted by Gasteiger charge is 1.95. The number of allylic oxidation sites excluding steroid dienone is 1. The minimum Gasteiger partial charge on any atom is -0.463 e. The molecule has 0 saturated heterocycles. The van der Waals surface area contributed by atoms with Crippen LogP contribution in [0.1, 0.15) is 19.8 Å². The Morgan fingerprint density at radius 3 is 2.80 bits per heavy atom. The number of unbranched alkanes of at least 4 members (excludes halogenated alkanes) is 1. The van der Waals surface area contributed by atoms with E-state index < -0.39 is 0 Å². The lowest BCUT2D eigenvalue weighted by atomic mass is 10.3. The average Bonchev–Trinajstić information content (AvgIpc) is 2.23. The molecule has 15 heavy (non-hydrogen) atoms. The Bertz CT molecular complexity index is 229. The molecule has 0 spiro atoms. The van der Waals surface area contributed by atoms with Crippen LogP contribution in [0.2, 0.25) is 0 Å². The summed E-state index contributed by atoms with van der Waals surface area (Å²) in [6, 6.07) is 0. The van der Waals surface area contributed by atoms with Gasteiger partial charge < -0.3 is 10.1 Å². The predicted octanol–water partition coefficient (Wildman–Crippen LogP) is 1.24. The molecule has 0 atom stereocenters. The second-order valence-electron chi connectivity index (χ2n) is 2.78. The molecule has 0 aliphatic carbocycles. The van der Waals surface area contributed by atoms with Crippen LogP contribution in [0.15, 0.2) is 12.2 Å². The van der Waals surface area contributed by atoms with Crippen LogP contribution in [0, 0.1) is 0 Å². The minimum atomic E-state index is -0.331. The number of rotatable bonds is 7. The van der Waals surface area contributed by atoms with Crippen molar-refractivity contribution in [3.63, 3.8) is 0 Å². The van der Waals surface area contributed by atoms with Crippen LogP contribution in [0.4, 0.5) is 0 Å². The zero-order chi connectivity index (χ0) is 11.5. The first-order chi connectivity index (χ1) is 7.20. The highest BCUT2D eigenvalue weighted by atomic mass is 35.5. The highest BCUT2D eigenvalue weighted by molar-refractivity contribution is 6.27. The molecule has 0 heterocycles. The summed E-state index contributed by atoms with van der Waals surface area (Å²) in [5, 5.41) is 2.62. The summed E-state index contributed by atoms with van der Waals surface area (Å²) in [4.78, 5) is 21.5. The van der Waals surface area contributed by atoms with Gasteiger partial charge in [-0.2, -0.15) is 0 Å². The van der Waals surface area contributed by atoms with Crippen LogP contribution >= 0.6 is 11.6 Å². The molecular weight excluding hydrogens is 218 g/mol. The molecule has 0 saturated carbocycles. The Kier molecular flexibility index (Phi) is 8.87. The fourth-order valence-electron chi connectivity index (χ4n) is 0.865. The van der Waals surface area contributed by atoms with Crippen LogP contribution in [0.25, 0.3) is 0 Å². The first-order valence-corrected chi connectivity index (χ1v) is 5.40. The van der Waals surface area contributed by atoms with E-state index in [1.165, 1.54) is 6.08 Å². The Balaban J connectivity index is 3.38. The van der Waals surface area contributed by atoms with Crippen molar-refractivity contribution in [1.29, 1.82) is 0 Å². The quantitative estimate of drug-likeness (QED) is 0.312. The number of carbonyl (C=O) groups excluding carboxylic acids is 2. The molecule has 0 fully saturated rings. The van der Waals surface area contributed by atoms with E-state index in [2.05, 4.69) is 5.32 Å². The van der Waals surface area contributed by atoms with Gasteiger partial charge in [-0.25, -0.2) is 4.79 Å². The zero-order valence-electron chi connectivity index (χ0n) is 8.79. The zero-order valence-corrected chi connectivity index (χ0v) is 9.55. The third kappa shape index (κ3) is 9.28. The van der Waals surface area contributed by atoms with Crippen molar-refractivity contribution in [3.05, 3.63) is 12.2 Å². The SMILES string of the molecule is CCOC(=O)C=CCCCNC(=O)CCl. The Morgan fingerprint density at radius 1 is 1.47 bits per heavy atom. The van der Waals surface area contributed by atoms with Gasteiger partial charge in [-0.1, -0.05) is 6.08 Å². The molecule has 0 aromatic rings. The third-order valence-electron chi connectivity index (χ3n) is 1.53. The van der Waals surface area contributed by atoms with Crippen LogP contribution in [-0.2, 0) is 14.3 Å². The van der Waals surface area contributed by atoms with Crippen molar-refractivity contribution in [2.24, 2.45) is 0 Å². The number of amides is 1. The van der Waals surface area contributed by atoms with E-state index in [1.807, 2.05) is 0 Å². The smallest absolute Gasteiger partial charge is 0.330 e. The van der Waals surface area contributed by atoms with Gasteiger partial charge in [0.15, 0.2) is 0 Å². The summed E-state index contributed by atoms with van der Waals surface area (Å²) in [5.74, 6) is -0.521. The standard InChI is InChI=1S/C10H16ClNO3/c1-2-15-10(14)6-4-3-5-7-12-9(13)8-11/h4,6H,2-3,5,7-8H2,1H3,(H,12,13). The largest absolute Gasteiger partial charge is 0.463 e. The molecule has 0 radical (unpaired) electrons. The van der Waals surface area contributed by atoms with E-state index in [-0.39, 0.29) is 17.8 Å². The number of hydrogen-bond donors (Lipinski definition) is 1. The van der Waals surface area contributed by atoms with Gasteiger partial charge in [-0.3, -0.25) is 4.79 Å². The molecule has 4 nitrogen and oxygen atoms in total. The highest BCUT2D eigenvalue weighted by Crippen LogP contribution is 1.91. The number of halogens is 1. The van der Waals surface area contributed by atoms with E-state index in [9.17, 15) is 9.59 Å². The average molecular weight is 234 g/mol. The number of hydrogen-bond acceptors (Lipinski definition) is 3. The molecule has 0 aromatic carbocycles. The van der Waals surface area contributed by atoms with E-state index in [0.717, 1.165) is 12.8 Å². The first kappa shape index (κ1) is 14.0. The van der Waals surface area contributed by atoms with E-state index in [1.54, 1.807) is 13.0 Å². The minimum absolute atomic E-state index is 0.0152. The van der Waals surface area contributed by atoms with E-state index in [0.29, 0.717) is 13.2 Å². The molecule has 86 valence electrons. The van der Waals surface area contributed by atoms with Crippen LogP contribution in [-0.4, -0.2) is 30.9 Å². The van der Waals surface area contributed by atoms with Crippen LogP contribution in [0.3, 0.4) is 0 Å². The number of carbonyl (C=O) groups is 2. The van der Waals surface area contributed by atoms with Gasteiger partial charge in [0.2, 0.25) is 5.91 Å². The topological polar surface area (TPSA) is 55.4 Å². The molecule has 5 heteroatoms. The van der Waals surface area contributed by atoms with Crippen LogP contribution < -0.4 is 5.32 Å². The molecule has 1 amide bonds. The fraction of sp³-hybridized carbons (Fsp3) is 0.600. The second-order valence-corrected chi connectivity index (χ2v) is 3.05. The molecule has 0 aromatic heterocycles. The molecule has 0 unspecified atom stereocenters. The number of ether oxygens (including phenoxy) is 1. The third-order valence-corrected chi connectivity index (χ3v) is 1.77. The van der Waals surface area contributed by atoms with Gasteiger partial charge in [0.25, 0.3) is 0 Å². The van der Waals surface area contributed by atoms with Gasteiger partial charge in [-0.15, -0.1) is 11.6 Å². The lowest BCUT2D eigenvalue weighted by Gasteiger charge is -1.99. The normalized spacial score (nSPS) is 10.3. The van der Waals surface area contributed by atoms with Crippen molar-refractivity contribution < 1.29 is 14.3 Å². The predicted molar refractivity (Wildman–Crippen MR) is 58.7 cm³/mol. The maximum absolute atomic E-state index is 10.8. The van der Waals surface area contributed by atoms with E-state index in [4.69, 9.17) is 16.3 Å². The van der Waals surface area contributed by atoms with Crippen molar-refractivity contribution in [2.45, 2.75) is 19.8 Å².